The number of anilines is 3. The molecule has 0 saturated carbocycles. The van der Waals surface area contributed by atoms with Crippen LogP contribution in [0.2, 0.25) is 0 Å². The fourth-order valence-corrected chi connectivity index (χ4v) is 2.42. The van der Waals surface area contributed by atoms with Crippen LogP contribution < -0.4 is 15.1 Å². The molecule has 1 aromatic heterocycles. The number of hydrogen-bond donors (Lipinski definition) is 1. The van der Waals surface area contributed by atoms with E-state index in [1.54, 1.807) is 0 Å². The summed E-state index contributed by atoms with van der Waals surface area (Å²) in [7, 11) is 3.90. The van der Waals surface area contributed by atoms with Gasteiger partial charge in [0.05, 0.1) is 0 Å². The van der Waals surface area contributed by atoms with E-state index in [4.69, 9.17) is 0 Å². The molecule has 0 aliphatic carbocycles. The molecule has 0 amide bonds. The van der Waals surface area contributed by atoms with Gasteiger partial charge in [-0.1, -0.05) is 6.92 Å². The van der Waals surface area contributed by atoms with Crippen molar-refractivity contribution in [2.75, 3.05) is 68.5 Å². The Hall–Kier alpha value is -1.63. The van der Waals surface area contributed by atoms with Crippen molar-refractivity contribution in [3.05, 3.63) is 0 Å². The minimum absolute atomic E-state index is 0.655. The third-order valence-corrected chi connectivity index (χ3v) is 3.54. The summed E-state index contributed by atoms with van der Waals surface area (Å²) in [5.74, 6) is 2.13. The molecule has 2 rings (SSSR count). The Bertz CT molecular complexity index is 441. The van der Waals surface area contributed by atoms with E-state index < -0.39 is 0 Å². The zero-order valence-electron chi connectivity index (χ0n) is 13.6. The van der Waals surface area contributed by atoms with Gasteiger partial charge in [-0.05, 0) is 19.9 Å². The third-order valence-electron chi connectivity index (χ3n) is 3.54. The molecule has 1 aliphatic rings. The lowest BCUT2D eigenvalue weighted by molar-refractivity contribution is 0.257. The van der Waals surface area contributed by atoms with Crippen LogP contribution in [-0.2, 0) is 0 Å². The van der Waals surface area contributed by atoms with Crippen molar-refractivity contribution in [3.63, 3.8) is 0 Å². The Morgan fingerprint density at radius 1 is 1.05 bits per heavy atom. The van der Waals surface area contributed by atoms with Crippen molar-refractivity contribution in [1.82, 2.24) is 19.9 Å². The van der Waals surface area contributed by atoms with Crippen LogP contribution in [-0.4, -0.2) is 73.2 Å². The summed E-state index contributed by atoms with van der Waals surface area (Å²) in [6.07, 6.45) is 1.21. The lowest BCUT2D eigenvalue weighted by Gasteiger charge is -2.34. The summed E-state index contributed by atoms with van der Waals surface area (Å²) >= 11 is 0. The Morgan fingerprint density at radius 3 is 2.33 bits per heavy atom. The van der Waals surface area contributed by atoms with Crippen molar-refractivity contribution in [3.8, 4) is 0 Å². The predicted molar refractivity (Wildman–Crippen MR) is 87.3 cm³/mol. The summed E-state index contributed by atoms with van der Waals surface area (Å²) in [6, 6.07) is 0. The maximum atomic E-state index is 4.58. The molecule has 0 bridgehead atoms. The molecule has 1 aromatic rings. The summed E-state index contributed by atoms with van der Waals surface area (Å²) in [6.45, 7) is 10.4. The lowest BCUT2D eigenvalue weighted by Crippen LogP contribution is -2.47. The van der Waals surface area contributed by atoms with Gasteiger partial charge in [0.15, 0.2) is 0 Å². The van der Waals surface area contributed by atoms with Crippen LogP contribution in [0.5, 0.6) is 0 Å². The van der Waals surface area contributed by atoms with E-state index in [0.717, 1.165) is 38.7 Å². The molecule has 7 heteroatoms. The van der Waals surface area contributed by atoms with Crippen molar-refractivity contribution in [2.24, 2.45) is 0 Å². The van der Waals surface area contributed by atoms with Gasteiger partial charge in [0.1, 0.15) is 0 Å². The molecule has 2 heterocycles. The molecule has 0 spiro atoms. The third kappa shape index (κ3) is 4.17. The van der Waals surface area contributed by atoms with Gasteiger partial charge in [-0.25, -0.2) is 0 Å². The highest BCUT2D eigenvalue weighted by Gasteiger charge is 2.20. The van der Waals surface area contributed by atoms with Gasteiger partial charge >= 0.3 is 0 Å². The number of rotatable bonds is 6. The quantitative estimate of drug-likeness (QED) is 0.836. The second kappa shape index (κ2) is 7.40. The molecule has 0 aromatic carbocycles. The largest absolute Gasteiger partial charge is 0.354 e. The molecular formula is C14H27N7. The molecule has 1 fully saturated rings. The second-order valence-electron chi connectivity index (χ2n) is 5.51. The average Bonchev–Trinajstić information content (AvgIpc) is 2.48. The standard InChI is InChI=1S/C14H27N7/c1-5-7-20-8-10-21(11-9-20)14-17-12(15-6-2)16-13(18-14)19(3)4/h5-11H2,1-4H3,(H,15,16,17,18). The van der Waals surface area contributed by atoms with Crippen LogP contribution in [0.1, 0.15) is 20.3 Å². The number of nitrogens with one attached hydrogen (secondary N) is 1. The van der Waals surface area contributed by atoms with Gasteiger partial charge in [-0.2, -0.15) is 15.0 Å². The van der Waals surface area contributed by atoms with Gasteiger partial charge in [-0.15, -0.1) is 0 Å². The van der Waals surface area contributed by atoms with Gasteiger partial charge < -0.3 is 15.1 Å². The normalized spacial score (nSPS) is 16.1. The molecular weight excluding hydrogens is 266 g/mol. The minimum Gasteiger partial charge on any atom is -0.354 e. The van der Waals surface area contributed by atoms with E-state index in [-0.39, 0.29) is 0 Å². The Kier molecular flexibility index (Phi) is 5.55. The first kappa shape index (κ1) is 15.8. The van der Waals surface area contributed by atoms with Crippen LogP contribution in [0.25, 0.3) is 0 Å². The molecule has 118 valence electrons. The van der Waals surface area contributed by atoms with Gasteiger partial charge in [-0.3, -0.25) is 4.90 Å². The van der Waals surface area contributed by atoms with Gasteiger partial charge in [0.2, 0.25) is 17.8 Å². The summed E-state index contributed by atoms with van der Waals surface area (Å²) in [4.78, 5) is 20.2. The van der Waals surface area contributed by atoms with E-state index >= 15 is 0 Å². The molecule has 0 unspecified atom stereocenters. The fraction of sp³-hybridized carbons (Fsp3) is 0.786. The maximum Gasteiger partial charge on any atom is 0.232 e. The lowest BCUT2D eigenvalue weighted by atomic mass is 10.3. The van der Waals surface area contributed by atoms with Crippen molar-refractivity contribution < 1.29 is 0 Å². The molecule has 1 N–H and O–H groups in total. The number of hydrogen-bond acceptors (Lipinski definition) is 7. The first-order chi connectivity index (χ1) is 10.1. The van der Waals surface area contributed by atoms with Crippen molar-refractivity contribution in [2.45, 2.75) is 20.3 Å². The van der Waals surface area contributed by atoms with Crippen LogP contribution in [0.15, 0.2) is 0 Å². The molecule has 21 heavy (non-hydrogen) atoms. The van der Waals surface area contributed by atoms with Crippen molar-refractivity contribution >= 4 is 17.8 Å². The van der Waals surface area contributed by atoms with Crippen LogP contribution in [0, 0.1) is 0 Å². The number of piperazine rings is 1. The van der Waals surface area contributed by atoms with Crippen LogP contribution >= 0.6 is 0 Å². The van der Waals surface area contributed by atoms with Gasteiger partial charge in [0, 0.05) is 46.8 Å². The molecule has 7 nitrogen and oxygen atoms in total. The highest BCUT2D eigenvalue weighted by atomic mass is 15.4. The molecule has 0 atom stereocenters. The SMILES string of the molecule is CCCN1CCN(c2nc(NCC)nc(N(C)C)n2)CC1. The van der Waals surface area contributed by atoms with E-state index in [1.807, 2.05) is 25.9 Å². The number of nitrogens with zero attached hydrogens (tertiary/aromatic N) is 6. The van der Waals surface area contributed by atoms with E-state index in [0.29, 0.717) is 11.9 Å². The Morgan fingerprint density at radius 2 is 1.76 bits per heavy atom. The molecule has 0 radical (unpaired) electrons. The Balaban J connectivity index is 2.11. The Labute approximate surface area is 127 Å². The van der Waals surface area contributed by atoms with E-state index in [9.17, 15) is 0 Å². The maximum absolute atomic E-state index is 4.58. The first-order valence-corrected chi connectivity index (χ1v) is 7.78. The summed E-state index contributed by atoms with van der Waals surface area (Å²) < 4.78 is 0. The second-order valence-corrected chi connectivity index (χ2v) is 5.51. The predicted octanol–water partition coefficient (Wildman–Crippen LogP) is 0.901. The first-order valence-electron chi connectivity index (χ1n) is 7.78. The van der Waals surface area contributed by atoms with Crippen LogP contribution in [0.4, 0.5) is 17.8 Å². The molecule has 1 saturated heterocycles. The molecule has 1 aliphatic heterocycles. The highest BCUT2D eigenvalue weighted by molar-refractivity contribution is 5.44. The average molecular weight is 293 g/mol. The van der Waals surface area contributed by atoms with E-state index in [1.165, 1.54) is 13.0 Å². The fourth-order valence-electron chi connectivity index (χ4n) is 2.42. The summed E-state index contributed by atoms with van der Waals surface area (Å²) in [5.41, 5.74) is 0. The topological polar surface area (TPSA) is 60.4 Å². The van der Waals surface area contributed by atoms with E-state index in [2.05, 4.69) is 37.0 Å². The summed E-state index contributed by atoms with van der Waals surface area (Å²) in [5, 5.41) is 3.19. The van der Waals surface area contributed by atoms with Crippen LogP contribution in [0.3, 0.4) is 0 Å². The zero-order valence-corrected chi connectivity index (χ0v) is 13.6. The van der Waals surface area contributed by atoms with Crippen molar-refractivity contribution in [1.29, 1.82) is 0 Å². The zero-order chi connectivity index (χ0) is 15.2. The number of aromatic nitrogens is 3. The monoisotopic (exact) mass is 293 g/mol. The smallest absolute Gasteiger partial charge is 0.232 e. The van der Waals surface area contributed by atoms with Gasteiger partial charge in [0.25, 0.3) is 0 Å². The minimum atomic E-state index is 0.655. The highest BCUT2D eigenvalue weighted by Crippen LogP contribution is 2.17.